The SMILES string of the molecule is Oc1ccc2c(Nc3ccc(F)c(Cl)c3)nc(-c3cccnc3)nc2c1. The Bertz CT molecular complexity index is 1110. The molecule has 5 nitrogen and oxygen atoms in total. The Morgan fingerprint density at radius 2 is 1.92 bits per heavy atom. The van der Waals surface area contributed by atoms with Gasteiger partial charge < -0.3 is 10.4 Å². The fraction of sp³-hybridized carbons (Fsp3) is 0. The number of fused-ring (bicyclic) bond motifs is 1. The Balaban J connectivity index is 1.87. The lowest BCUT2D eigenvalue weighted by Gasteiger charge is -2.11. The largest absolute Gasteiger partial charge is 0.508 e. The topological polar surface area (TPSA) is 70.9 Å². The number of phenols is 1. The van der Waals surface area contributed by atoms with Crippen LogP contribution in [0, 0.1) is 5.82 Å². The van der Waals surface area contributed by atoms with Gasteiger partial charge in [0.2, 0.25) is 0 Å². The third kappa shape index (κ3) is 3.14. The molecular weight excluding hydrogens is 355 g/mol. The first kappa shape index (κ1) is 16.2. The van der Waals surface area contributed by atoms with Gasteiger partial charge in [0.05, 0.1) is 10.5 Å². The highest BCUT2D eigenvalue weighted by atomic mass is 35.5. The van der Waals surface area contributed by atoms with Gasteiger partial charge in [-0.3, -0.25) is 4.98 Å². The quantitative estimate of drug-likeness (QED) is 0.537. The van der Waals surface area contributed by atoms with Crippen molar-refractivity contribution in [3.05, 3.63) is 71.8 Å². The number of anilines is 2. The second-order valence-electron chi connectivity index (χ2n) is 5.59. The highest BCUT2D eigenvalue weighted by Gasteiger charge is 2.11. The van der Waals surface area contributed by atoms with Crippen molar-refractivity contribution in [2.45, 2.75) is 0 Å². The van der Waals surface area contributed by atoms with E-state index in [4.69, 9.17) is 11.6 Å². The summed E-state index contributed by atoms with van der Waals surface area (Å²) in [6.07, 6.45) is 3.32. The molecule has 0 aliphatic rings. The minimum Gasteiger partial charge on any atom is -0.508 e. The summed E-state index contributed by atoms with van der Waals surface area (Å²) in [7, 11) is 0. The smallest absolute Gasteiger partial charge is 0.163 e. The van der Waals surface area contributed by atoms with Gasteiger partial charge in [0.15, 0.2) is 5.82 Å². The molecule has 128 valence electrons. The van der Waals surface area contributed by atoms with E-state index in [1.54, 1.807) is 42.7 Å². The number of rotatable bonds is 3. The number of hydrogen-bond acceptors (Lipinski definition) is 5. The first-order valence-corrected chi connectivity index (χ1v) is 8.11. The average molecular weight is 367 g/mol. The molecule has 0 saturated carbocycles. The number of aromatic nitrogens is 3. The lowest BCUT2D eigenvalue weighted by molar-refractivity contribution is 0.476. The van der Waals surface area contributed by atoms with E-state index in [9.17, 15) is 9.50 Å². The summed E-state index contributed by atoms with van der Waals surface area (Å²) < 4.78 is 13.4. The summed E-state index contributed by atoms with van der Waals surface area (Å²) in [4.78, 5) is 13.2. The molecule has 2 heterocycles. The Morgan fingerprint density at radius 1 is 1.04 bits per heavy atom. The monoisotopic (exact) mass is 366 g/mol. The lowest BCUT2D eigenvalue weighted by Crippen LogP contribution is -2.00. The van der Waals surface area contributed by atoms with Crippen molar-refractivity contribution in [3.63, 3.8) is 0 Å². The molecule has 0 spiro atoms. The zero-order chi connectivity index (χ0) is 18.1. The predicted octanol–water partition coefficient (Wildman–Crippen LogP) is 4.93. The van der Waals surface area contributed by atoms with E-state index in [1.807, 2.05) is 6.07 Å². The van der Waals surface area contributed by atoms with Crippen molar-refractivity contribution in [1.29, 1.82) is 0 Å². The number of pyridine rings is 1. The van der Waals surface area contributed by atoms with Crippen LogP contribution in [0.4, 0.5) is 15.9 Å². The summed E-state index contributed by atoms with van der Waals surface area (Å²) in [5.74, 6) is 0.568. The molecule has 0 fully saturated rings. The number of halogens is 2. The van der Waals surface area contributed by atoms with E-state index >= 15 is 0 Å². The first-order valence-electron chi connectivity index (χ1n) is 7.73. The molecular formula is C19H12ClFN4O. The first-order chi connectivity index (χ1) is 12.6. The fourth-order valence-corrected chi connectivity index (χ4v) is 2.73. The number of nitrogens with one attached hydrogen (secondary N) is 1. The fourth-order valence-electron chi connectivity index (χ4n) is 2.55. The van der Waals surface area contributed by atoms with Crippen molar-refractivity contribution < 1.29 is 9.50 Å². The second-order valence-corrected chi connectivity index (χ2v) is 6.00. The van der Waals surface area contributed by atoms with Crippen molar-refractivity contribution in [3.8, 4) is 17.1 Å². The number of aromatic hydroxyl groups is 1. The van der Waals surface area contributed by atoms with Crippen molar-refractivity contribution in [2.75, 3.05) is 5.32 Å². The van der Waals surface area contributed by atoms with E-state index in [2.05, 4.69) is 20.3 Å². The van der Waals surface area contributed by atoms with Crippen LogP contribution in [0.2, 0.25) is 5.02 Å². The van der Waals surface area contributed by atoms with Gasteiger partial charge in [0.25, 0.3) is 0 Å². The van der Waals surface area contributed by atoms with Crippen LogP contribution < -0.4 is 5.32 Å². The lowest BCUT2D eigenvalue weighted by atomic mass is 10.2. The maximum absolute atomic E-state index is 13.4. The highest BCUT2D eigenvalue weighted by molar-refractivity contribution is 6.31. The molecule has 2 N–H and O–H groups in total. The number of hydrogen-bond donors (Lipinski definition) is 2. The molecule has 0 aliphatic heterocycles. The molecule has 26 heavy (non-hydrogen) atoms. The summed E-state index contributed by atoms with van der Waals surface area (Å²) in [6, 6.07) is 12.8. The minimum atomic E-state index is -0.495. The van der Waals surface area contributed by atoms with Crippen molar-refractivity contribution >= 4 is 34.0 Å². The van der Waals surface area contributed by atoms with Gasteiger partial charge in [0.1, 0.15) is 17.4 Å². The van der Waals surface area contributed by atoms with E-state index in [-0.39, 0.29) is 10.8 Å². The number of nitrogens with zero attached hydrogens (tertiary/aromatic N) is 3. The third-order valence-corrected chi connectivity index (χ3v) is 4.07. The van der Waals surface area contributed by atoms with Crippen LogP contribution in [0.15, 0.2) is 60.9 Å². The number of phenolic OH excluding ortho intramolecular Hbond substituents is 1. The molecule has 0 radical (unpaired) electrons. The van der Waals surface area contributed by atoms with Crippen LogP contribution in [0.3, 0.4) is 0 Å². The van der Waals surface area contributed by atoms with E-state index in [0.717, 1.165) is 5.56 Å². The standard InChI is InChI=1S/C19H12ClFN4O/c20-15-8-12(3-6-16(15)21)23-19-14-5-4-13(26)9-17(14)24-18(25-19)11-2-1-7-22-10-11/h1-10,26H,(H,23,24,25). The third-order valence-electron chi connectivity index (χ3n) is 3.78. The minimum absolute atomic E-state index is 0.0125. The molecule has 0 bridgehead atoms. The predicted molar refractivity (Wildman–Crippen MR) is 99.1 cm³/mol. The molecule has 2 aromatic carbocycles. The van der Waals surface area contributed by atoms with Crippen LogP contribution in [-0.4, -0.2) is 20.1 Å². The summed E-state index contributed by atoms with van der Waals surface area (Å²) in [6.45, 7) is 0. The van der Waals surface area contributed by atoms with Crippen LogP contribution in [0.1, 0.15) is 0 Å². The zero-order valence-corrected chi connectivity index (χ0v) is 14.1. The maximum atomic E-state index is 13.4. The van der Waals surface area contributed by atoms with Crippen molar-refractivity contribution in [1.82, 2.24) is 15.0 Å². The highest BCUT2D eigenvalue weighted by Crippen LogP contribution is 2.30. The molecule has 4 aromatic rings. The average Bonchev–Trinajstić information content (AvgIpc) is 2.65. The second kappa shape index (κ2) is 6.57. The summed E-state index contributed by atoms with van der Waals surface area (Å²) in [5.41, 5.74) is 1.88. The number of benzene rings is 2. The van der Waals surface area contributed by atoms with E-state index in [0.29, 0.717) is 28.2 Å². The Labute approximate surface area is 153 Å². The van der Waals surface area contributed by atoms with Gasteiger partial charge in [-0.15, -0.1) is 0 Å². The van der Waals surface area contributed by atoms with Crippen LogP contribution in [0.5, 0.6) is 5.75 Å². The Hall–Kier alpha value is -3.25. The van der Waals surface area contributed by atoms with Gasteiger partial charge in [-0.1, -0.05) is 11.6 Å². The van der Waals surface area contributed by atoms with Crippen LogP contribution >= 0.6 is 11.6 Å². The zero-order valence-electron chi connectivity index (χ0n) is 13.3. The van der Waals surface area contributed by atoms with E-state index in [1.165, 1.54) is 12.1 Å². The Kier molecular flexibility index (Phi) is 4.10. The van der Waals surface area contributed by atoms with Gasteiger partial charge in [-0.05, 0) is 42.5 Å². The molecule has 0 unspecified atom stereocenters. The summed E-state index contributed by atoms with van der Waals surface area (Å²) >= 11 is 5.86. The van der Waals surface area contributed by atoms with Crippen molar-refractivity contribution in [2.24, 2.45) is 0 Å². The molecule has 2 aromatic heterocycles. The summed E-state index contributed by atoms with van der Waals surface area (Å²) in [5, 5.41) is 13.6. The normalized spacial score (nSPS) is 10.8. The van der Waals surface area contributed by atoms with Gasteiger partial charge in [0, 0.05) is 35.1 Å². The molecule has 0 amide bonds. The van der Waals surface area contributed by atoms with Crippen LogP contribution in [-0.2, 0) is 0 Å². The molecule has 7 heteroatoms. The molecule has 0 saturated heterocycles. The van der Waals surface area contributed by atoms with Gasteiger partial charge >= 0.3 is 0 Å². The Morgan fingerprint density at radius 3 is 2.69 bits per heavy atom. The van der Waals surface area contributed by atoms with Crippen LogP contribution in [0.25, 0.3) is 22.3 Å². The van der Waals surface area contributed by atoms with Gasteiger partial charge in [-0.25, -0.2) is 14.4 Å². The van der Waals surface area contributed by atoms with Gasteiger partial charge in [-0.2, -0.15) is 0 Å². The molecule has 0 aliphatic carbocycles. The molecule has 0 atom stereocenters. The van der Waals surface area contributed by atoms with E-state index < -0.39 is 5.82 Å². The maximum Gasteiger partial charge on any atom is 0.163 e. The molecule has 4 rings (SSSR count).